The van der Waals surface area contributed by atoms with E-state index in [-0.39, 0.29) is 11.6 Å². The minimum absolute atomic E-state index is 0.212. The maximum absolute atomic E-state index is 12.2. The van der Waals surface area contributed by atoms with Gasteiger partial charge in [-0.25, -0.2) is 0 Å². The third kappa shape index (κ3) is 3.70. The Morgan fingerprint density at radius 3 is 2.71 bits per heavy atom. The Balaban J connectivity index is 1.63. The molecule has 0 radical (unpaired) electrons. The predicted octanol–water partition coefficient (Wildman–Crippen LogP) is 2.94. The van der Waals surface area contributed by atoms with E-state index in [2.05, 4.69) is 20.8 Å². The number of furan rings is 1. The lowest BCUT2D eigenvalue weighted by atomic mass is 10.2. The summed E-state index contributed by atoms with van der Waals surface area (Å²) >= 11 is 0. The number of ether oxygens (including phenoxy) is 1. The van der Waals surface area contributed by atoms with Crippen LogP contribution in [-0.2, 0) is 6.54 Å². The standard InChI is InChI=1S/C17H16N4O3/c1-23-15-7-3-2-6-13(15)19-17(22)14-8-9-16(21-20-14)18-11-12-5-4-10-24-12/h2-10H,11H2,1H3,(H,18,21)(H,19,22). The molecule has 0 unspecified atom stereocenters. The average molecular weight is 324 g/mol. The zero-order valence-corrected chi connectivity index (χ0v) is 13.0. The van der Waals surface area contributed by atoms with Crippen LogP contribution in [0.5, 0.6) is 5.75 Å². The first-order chi connectivity index (χ1) is 11.8. The molecule has 1 aromatic carbocycles. The normalized spacial score (nSPS) is 10.2. The van der Waals surface area contributed by atoms with Crippen molar-refractivity contribution in [2.24, 2.45) is 0 Å². The minimum Gasteiger partial charge on any atom is -0.495 e. The van der Waals surface area contributed by atoms with E-state index in [0.717, 1.165) is 5.76 Å². The molecule has 0 saturated heterocycles. The van der Waals surface area contributed by atoms with Crippen molar-refractivity contribution < 1.29 is 13.9 Å². The number of para-hydroxylation sites is 2. The highest BCUT2D eigenvalue weighted by Gasteiger charge is 2.11. The van der Waals surface area contributed by atoms with Gasteiger partial charge in [-0.05, 0) is 36.4 Å². The number of benzene rings is 1. The Morgan fingerprint density at radius 2 is 2.00 bits per heavy atom. The first-order valence-corrected chi connectivity index (χ1v) is 7.30. The van der Waals surface area contributed by atoms with Crippen LogP contribution in [0.2, 0.25) is 0 Å². The summed E-state index contributed by atoms with van der Waals surface area (Å²) in [7, 11) is 1.55. The zero-order chi connectivity index (χ0) is 16.8. The summed E-state index contributed by atoms with van der Waals surface area (Å²) < 4.78 is 10.4. The quantitative estimate of drug-likeness (QED) is 0.724. The third-order valence-corrected chi connectivity index (χ3v) is 3.28. The molecule has 0 spiro atoms. The fourth-order valence-electron chi connectivity index (χ4n) is 2.07. The molecule has 122 valence electrons. The molecule has 0 saturated carbocycles. The van der Waals surface area contributed by atoms with Gasteiger partial charge in [-0.1, -0.05) is 12.1 Å². The summed E-state index contributed by atoms with van der Waals surface area (Å²) in [6.07, 6.45) is 1.61. The molecule has 24 heavy (non-hydrogen) atoms. The van der Waals surface area contributed by atoms with Gasteiger partial charge >= 0.3 is 0 Å². The van der Waals surface area contributed by atoms with Gasteiger partial charge in [0.05, 0.1) is 25.6 Å². The van der Waals surface area contributed by atoms with E-state index in [4.69, 9.17) is 9.15 Å². The highest BCUT2D eigenvalue weighted by molar-refractivity contribution is 6.03. The zero-order valence-electron chi connectivity index (χ0n) is 13.0. The van der Waals surface area contributed by atoms with Gasteiger partial charge in [0.25, 0.3) is 5.91 Å². The van der Waals surface area contributed by atoms with Crippen LogP contribution in [0.25, 0.3) is 0 Å². The Morgan fingerprint density at radius 1 is 1.12 bits per heavy atom. The van der Waals surface area contributed by atoms with Crippen LogP contribution in [0.15, 0.2) is 59.2 Å². The van der Waals surface area contributed by atoms with Gasteiger partial charge in [0.1, 0.15) is 17.3 Å². The molecule has 0 fully saturated rings. The maximum atomic E-state index is 12.2. The summed E-state index contributed by atoms with van der Waals surface area (Å²) in [4.78, 5) is 12.2. The van der Waals surface area contributed by atoms with Gasteiger partial charge in [0.15, 0.2) is 5.69 Å². The Bertz CT molecular complexity index is 801. The highest BCUT2D eigenvalue weighted by Crippen LogP contribution is 2.23. The molecule has 7 heteroatoms. The summed E-state index contributed by atoms with van der Waals surface area (Å²) in [5.74, 6) is 1.56. The number of amides is 1. The number of methoxy groups -OCH3 is 1. The van der Waals surface area contributed by atoms with E-state index in [1.807, 2.05) is 24.3 Å². The van der Waals surface area contributed by atoms with E-state index in [0.29, 0.717) is 23.8 Å². The fraction of sp³-hybridized carbons (Fsp3) is 0.118. The van der Waals surface area contributed by atoms with Crippen LogP contribution >= 0.6 is 0 Å². The van der Waals surface area contributed by atoms with Gasteiger partial charge in [0.2, 0.25) is 0 Å². The summed E-state index contributed by atoms with van der Waals surface area (Å²) in [6, 6.07) is 14.1. The van der Waals surface area contributed by atoms with Crippen LogP contribution in [0, 0.1) is 0 Å². The lowest BCUT2D eigenvalue weighted by molar-refractivity contribution is 0.102. The number of hydrogen-bond acceptors (Lipinski definition) is 6. The molecule has 0 aliphatic carbocycles. The second kappa shape index (κ2) is 7.28. The Labute approximate surface area is 138 Å². The number of anilines is 2. The number of nitrogens with zero attached hydrogens (tertiary/aromatic N) is 2. The second-order valence-electron chi connectivity index (χ2n) is 4.89. The molecule has 2 heterocycles. The monoisotopic (exact) mass is 324 g/mol. The second-order valence-corrected chi connectivity index (χ2v) is 4.89. The van der Waals surface area contributed by atoms with Crippen molar-refractivity contribution in [2.45, 2.75) is 6.54 Å². The number of rotatable bonds is 6. The Hall–Kier alpha value is -3.35. The molecule has 3 aromatic rings. The SMILES string of the molecule is COc1ccccc1NC(=O)c1ccc(NCc2ccco2)nn1. The van der Waals surface area contributed by atoms with Crippen molar-refractivity contribution in [3.8, 4) is 5.75 Å². The summed E-state index contributed by atoms with van der Waals surface area (Å²) in [5, 5.41) is 13.7. The average Bonchev–Trinajstić information content (AvgIpc) is 3.14. The minimum atomic E-state index is -0.357. The van der Waals surface area contributed by atoms with E-state index in [1.165, 1.54) is 0 Å². The maximum Gasteiger partial charge on any atom is 0.276 e. The van der Waals surface area contributed by atoms with E-state index >= 15 is 0 Å². The summed E-state index contributed by atoms with van der Waals surface area (Å²) in [5.41, 5.74) is 0.788. The van der Waals surface area contributed by atoms with Crippen molar-refractivity contribution in [1.82, 2.24) is 10.2 Å². The molecular formula is C17H16N4O3. The fourth-order valence-corrected chi connectivity index (χ4v) is 2.07. The molecule has 7 nitrogen and oxygen atoms in total. The molecule has 0 atom stereocenters. The highest BCUT2D eigenvalue weighted by atomic mass is 16.5. The van der Waals surface area contributed by atoms with Crippen LogP contribution in [-0.4, -0.2) is 23.2 Å². The van der Waals surface area contributed by atoms with Crippen molar-refractivity contribution in [3.05, 3.63) is 66.2 Å². The van der Waals surface area contributed by atoms with Crippen molar-refractivity contribution in [1.29, 1.82) is 0 Å². The number of hydrogen-bond donors (Lipinski definition) is 2. The molecule has 0 bridgehead atoms. The van der Waals surface area contributed by atoms with Crippen molar-refractivity contribution in [3.63, 3.8) is 0 Å². The van der Waals surface area contributed by atoms with Crippen LogP contribution < -0.4 is 15.4 Å². The molecule has 2 aromatic heterocycles. The molecule has 0 aliphatic heterocycles. The number of aromatic nitrogens is 2. The first-order valence-electron chi connectivity index (χ1n) is 7.30. The molecule has 1 amide bonds. The number of carbonyl (C=O) groups excluding carboxylic acids is 1. The lowest BCUT2D eigenvalue weighted by Crippen LogP contribution is -2.15. The molecule has 2 N–H and O–H groups in total. The van der Waals surface area contributed by atoms with Gasteiger partial charge in [-0.3, -0.25) is 4.79 Å². The van der Waals surface area contributed by atoms with Crippen LogP contribution in [0.1, 0.15) is 16.2 Å². The van der Waals surface area contributed by atoms with Crippen molar-refractivity contribution in [2.75, 3.05) is 17.7 Å². The van der Waals surface area contributed by atoms with Gasteiger partial charge in [-0.2, -0.15) is 0 Å². The summed E-state index contributed by atoms with van der Waals surface area (Å²) in [6.45, 7) is 0.494. The number of carbonyl (C=O) groups is 1. The number of nitrogens with one attached hydrogen (secondary N) is 2. The molecular weight excluding hydrogens is 308 g/mol. The molecule has 0 aliphatic rings. The lowest BCUT2D eigenvalue weighted by Gasteiger charge is -2.09. The van der Waals surface area contributed by atoms with Crippen LogP contribution in [0.3, 0.4) is 0 Å². The topological polar surface area (TPSA) is 89.3 Å². The van der Waals surface area contributed by atoms with Crippen molar-refractivity contribution >= 4 is 17.4 Å². The van der Waals surface area contributed by atoms with E-state index in [9.17, 15) is 4.79 Å². The van der Waals surface area contributed by atoms with Gasteiger partial charge < -0.3 is 19.8 Å². The van der Waals surface area contributed by atoms with Gasteiger partial charge in [0, 0.05) is 0 Å². The predicted molar refractivity (Wildman–Crippen MR) is 89.0 cm³/mol. The van der Waals surface area contributed by atoms with E-state index < -0.39 is 0 Å². The van der Waals surface area contributed by atoms with Gasteiger partial charge in [-0.15, -0.1) is 10.2 Å². The first kappa shape index (κ1) is 15.5. The molecule has 3 rings (SSSR count). The third-order valence-electron chi connectivity index (χ3n) is 3.28. The largest absolute Gasteiger partial charge is 0.495 e. The van der Waals surface area contributed by atoms with Crippen LogP contribution in [0.4, 0.5) is 11.5 Å². The van der Waals surface area contributed by atoms with E-state index in [1.54, 1.807) is 37.6 Å². The smallest absolute Gasteiger partial charge is 0.276 e. The Kier molecular flexibility index (Phi) is 4.71.